The fraction of sp³-hybridized carbons (Fsp3) is 0.706. The largest absolute Gasteiger partial charge is 2.00 e. The van der Waals surface area contributed by atoms with Crippen molar-refractivity contribution in [3.8, 4) is 0 Å². The molecule has 2 rings (SSSR count). The fourth-order valence-corrected chi connectivity index (χ4v) is 4.89. The molecule has 0 heterocycles. The Morgan fingerprint density at radius 3 is 1.71 bits per heavy atom. The average molecular weight is 523 g/mol. The predicted molar refractivity (Wildman–Crippen MR) is 156 cm³/mol. The molecule has 0 radical (unpaired) electrons. The molecule has 2 aromatic rings. The Balaban J connectivity index is 0.000000642. The van der Waals surface area contributed by atoms with Crippen molar-refractivity contribution in [3.63, 3.8) is 0 Å². The molecule has 0 saturated carbocycles. The molecule has 0 aliphatic carbocycles. The SMILES string of the molecule is CCCCc1cc(CCCC)c(CCCC)[cH-]1.CCCCc1cc[c-](CCCC)c1CCCC.[Fe+2]. The Morgan fingerprint density at radius 2 is 1.11 bits per heavy atom. The average Bonchev–Trinajstić information content (AvgIpc) is 3.44. The van der Waals surface area contributed by atoms with E-state index in [1.807, 2.05) is 0 Å². The number of hydrogen-bond donors (Lipinski definition) is 0. The molecule has 0 fully saturated rings. The second-order valence-corrected chi connectivity index (χ2v) is 10.4. The number of unbranched alkanes of at least 4 members (excludes halogenated alkanes) is 6. The normalized spacial score (nSPS) is 10.7. The van der Waals surface area contributed by atoms with Crippen LogP contribution < -0.4 is 0 Å². The van der Waals surface area contributed by atoms with E-state index in [1.165, 1.54) is 116 Å². The van der Waals surface area contributed by atoms with Crippen molar-refractivity contribution in [1.82, 2.24) is 0 Å². The summed E-state index contributed by atoms with van der Waals surface area (Å²) >= 11 is 0. The zero-order chi connectivity index (χ0) is 25.0. The summed E-state index contributed by atoms with van der Waals surface area (Å²) in [7, 11) is 0. The van der Waals surface area contributed by atoms with E-state index in [0.29, 0.717) is 0 Å². The van der Waals surface area contributed by atoms with Gasteiger partial charge in [-0.2, -0.15) is 45.5 Å². The molecule has 0 unspecified atom stereocenters. The van der Waals surface area contributed by atoms with Crippen LogP contribution in [0.2, 0.25) is 0 Å². The van der Waals surface area contributed by atoms with Gasteiger partial charge in [0, 0.05) is 0 Å². The third-order valence-corrected chi connectivity index (χ3v) is 7.19. The molecule has 0 aromatic heterocycles. The van der Waals surface area contributed by atoms with Crippen LogP contribution in [0.5, 0.6) is 0 Å². The standard InChI is InChI=1S/2C17H29.Fe/c1-4-7-10-15-13-16(11-8-5-2)17(14-15)12-9-6-3;1-4-7-10-15-13-14-16(11-8-5-2)17(15)12-9-6-3;/h2*13-14H,4-12H2,1-3H3;/q2*-1;+2. The second-order valence-electron chi connectivity index (χ2n) is 10.4. The summed E-state index contributed by atoms with van der Waals surface area (Å²) in [5.74, 6) is 0. The minimum absolute atomic E-state index is 0. The van der Waals surface area contributed by atoms with Crippen molar-refractivity contribution in [3.05, 3.63) is 57.6 Å². The Kier molecular flexibility index (Phi) is 21.9. The van der Waals surface area contributed by atoms with Crippen LogP contribution in [0.4, 0.5) is 0 Å². The molecular weight excluding hydrogens is 464 g/mol. The molecule has 0 aliphatic rings. The maximum absolute atomic E-state index is 2.48. The Morgan fingerprint density at radius 1 is 0.600 bits per heavy atom. The van der Waals surface area contributed by atoms with E-state index in [9.17, 15) is 0 Å². The van der Waals surface area contributed by atoms with Gasteiger partial charge in [0.15, 0.2) is 0 Å². The predicted octanol–water partition coefficient (Wildman–Crippen LogP) is 10.9. The van der Waals surface area contributed by atoms with Crippen molar-refractivity contribution in [2.24, 2.45) is 0 Å². The first-order chi connectivity index (χ1) is 16.6. The van der Waals surface area contributed by atoms with E-state index in [-0.39, 0.29) is 17.1 Å². The first kappa shape index (κ1) is 34.2. The summed E-state index contributed by atoms with van der Waals surface area (Å²) in [6, 6.07) is 9.75. The van der Waals surface area contributed by atoms with Crippen molar-refractivity contribution < 1.29 is 17.1 Å². The van der Waals surface area contributed by atoms with Crippen LogP contribution >= 0.6 is 0 Å². The van der Waals surface area contributed by atoms with Crippen LogP contribution in [0.25, 0.3) is 0 Å². The Bertz CT molecular complexity index is 654. The topological polar surface area (TPSA) is 0 Å². The van der Waals surface area contributed by atoms with Crippen LogP contribution in [-0.2, 0) is 55.6 Å². The van der Waals surface area contributed by atoms with E-state index >= 15 is 0 Å². The molecule has 0 atom stereocenters. The summed E-state index contributed by atoms with van der Waals surface area (Å²) < 4.78 is 0. The van der Waals surface area contributed by atoms with Gasteiger partial charge in [0.2, 0.25) is 0 Å². The zero-order valence-electron chi connectivity index (χ0n) is 24.4. The minimum Gasteiger partial charge on any atom is -0.210 e. The van der Waals surface area contributed by atoms with E-state index in [2.05, 4.69) is 65.8 Å². The molecule has 0 saturated heterocycles. The van der Waals surface area contributed by atoms with Gasteiger partial charge in [0.05, 0.1) is 0 Å². The van der Waals surface area contributed by atoms with Gasteiger partial charge in [0.1, 0.15) is 0 Å². The summed E-state index contributed by atoms with van der Waals surface area (Å²) in [5, 5.41) is 0. The fourth-order valence-electron chi connectivity index (χ4n) is 4.89. The first-order valence-corrected chi connectivity index (χ1v) is 15.2. The molecule has 0 aliphatic heterocycles. The van der Waals surface area contributed by atoms with Gasteiger partial charge in [-0.3, -0.25) is 0 Å². The van der Waals surface area contributed by atoms with Gasteiger partial charge in [0.25, 0.3) is 0 Å². The molecule has 0 amide bonds. The molecule has 35 heavy (non-hydrogen) atoms. The summed E-state index contributed by atoms with van der Waals surface area (Å²) in [4.78, 5) is 0. The molecular formula is C34H58Fe. The van der Waals surface area contributed by atoms with Crippen LogP contribution in [0.15, 0.2) is 24.3 Å². The van der Waals surface area contributed by atoms with Crippen LogP contribution in [0.1, 0.15) is 152 Å². The third kappa shape index (κ3) is 13.9. The number of aryl methyl sites for hydroxylation is 5. The van der Waals surface area contributed by atoms with Crippen LogP contribution in [0, 0.1) is 0 Å². The van der Waals surface area contributed by atoms with E-state index in [1.54, 1.807) is 33.4 Å². The van der Waals surface area contributed by atoms with Gasteiger partial charge in [-0.1, -0.05) is 157 Å². The summed E-state index contributed by atoms with van der Waals surface area (Å²) in [5.41, 5.74) is 9.87. The van der Waals surface area contributed by atoms with Gasteiger partial charge >= 0.3 is 17.1 Å². The van der Waals surface area contributed by atoms with Crippen LogP contribution in [-0.4, -0.2) is 0 Å². The van der Waals surface area contributed by atoms with Gasteiger partial charge in [-0.15, -0.1) is 0 Å². The maximum Gasteiger partial charge on any atom is 2.00 e. The molecule has 0 spiro atoms. The zero-order valence-corrected chi connectivity index (χ0v) is 25.5. The number of rotatable bonds is 18. The number of hydrogen-bond acceptors (Lipinski definition) is 0. The van der Waals surface area contributed by atoms with Gasteiger partial charge < -0.3 is 0 Å². The minimum atomic E-state index is 0. The van der Waals surface area contributed by atoms with E-state index in [4.69, 9.17) is 0 Å². The summed E-state index contributed by atoms with van der Waals surface area (Å²) in [6.07, 6.45) is 23.7. The van der Waals surface area contributed by atoms with Crippen molar-refractivity contribution >= 4 is 0 Å². The van der Waals surface area contributed by atoms with Crippen LogP contribution in [0.3, 0.4) is 0 Å². The maximum atomic E-state index is 2.48. The molecule has 0 bridgehead atoms. The molecule has 1 heteroatoms. The monoisotopic (exact) mass is 522 g/mol. The van der Waals surface area contributed by atoms with Crippen molar-refractivity contribution in [2.75, 3.05) is 0 Å². The van der Waals surface area contributed by atoms with Gasteiger partial charge in [-0.25, -0.2) is 12.1 Å². The molecule has 0 N–H and O–H groups in total. The van der Waals surface area contributed by atoms with Gasteiger partial charge in [-0.05, 0) is 0 Å². The van der Waals surface area contributed by atoms with Crippen molar-refractivity contribution in [2.45, 2.75) is 157 Å². The van der Waals surface area contributed by atoms with Crippen molar-refractivity contribution in [1.29, 1.82) is 0 Å². The Labute approximate surface area is 231 Å². The Hall–Kier alpha value is -0.781. The van der Waals surface area contributed by atoms with E-state index < -0.39 is 0 Å². The second kappa shape index (κ2) is 22.4. The molecule has 202 valence electrons. The third-order valence-electron chi connectivity index (χ3n) is 7.19. The first-order valence-electron chi connectivity index (χ1n) is 15.2. The van der Waals surface area contributed by atoms with E-state index in [0.717, 1.165) is 0 Å². The smallest absolute Gasteiger partial charge is 0.210 e. The molecule has 0 nitrogen and oxygen atoms in total. The summed E-state index contributed by atoms with van der Waals surface area (Å²) in [6.45, 7) is 13.7. The molecule has 2 aromatic carbocycles. The quantitative estimate of drug-likeness (QED) is 0.135.